The lowest BCUT2D eigenvalue weighted by molar-refractivity contribution is 0.388. The van der Waals surface area contributed by atoms with Crippen LogP contribution in [0.5, 0.6) is 0 Å². The molecule has 1 aromatic rings. The molecule has 5 heteroatoms. The van der Waals surface area contributed by atoms with E-state index in [9.17, 15) is 8.42 Å². The molecule has 2 N–H and O–H groups in total. The number of nitrogens with two attached hydrogens (primary N) is 1. The summed E-state index contributed by atoms with van der Waals surface area (Å²) in [5.41, 5.74) is 8.38. The predicted octanol–water partition coefficient (Wildman–Crippen LogP) is 2.43. The predicted molar refractivity (Wildman–Crippen MR) is 85.5 cm³/mol. The Labute approximate surface area is 128 Å². The lowest BCUT2D eigenvalue weighted by Crippen LogP contribution is -2.30. The highest BCUT2D eigenvalue weighted by Gasteiger charge is 2.34. The van der Waals surface area contributed by atoms with Gasteiger partial charge in [0.2, 0.25) is 10.0 Å². The molecule has 1 fully saturated rings. The minimum atomic E-state index is -3.41. The fourth-order valence-corrected chi connectivity index (χ4v) is 4.80. The van der Waals surface area contributed by atoms with E-state index in [-0.39, 0.29) is 0 Å². The summed E-state index contributed by atoms with van der Waals surface area (Å²) in [6.45, 7) is 9.74. The molecule has 1 aliphatic heterocycles. The van der Waals surface area contributed by atoms with Crippen molar-refractivity contribution in [3.8, 4) is 0 Å². The number of hydrogen-bond donors (Lipinski definition) is 1. The number of benzene rings is 1. The monoisotopic (exact) mass is 310 g/mol. The quantitative estimate of drug-likeness (QED) is 0.929. The maximum absolute atomic E-state index is 12.9. The Morgan fingerprint density at radius 3 is 2.52 bits per heavy atom. The lowest BCUT2D eigenvalue weighted by atomic mass is 9.96. The van der Waals surface area contributed by atoms with Crippen LogP contribution in [0.15, 0.2) is 17.0 Å². The van der Waals surface area contributed by atoms with Crippen LogP contribution in [0, 0.1) is 25.7 Å². The maximum atomic E-state index is 12.9. The molecule has 0 amide bonds. The highest BCUT2D eigenvalue weighted by molar-refractivity contribution is 7.89. The molecule has 1 unspecified atom stereocenters. The van der Waals surface area contributed by atoms with Gasteiger partial charge in [-0.15, -0.1) is 0 Å². The molecule has 118 valence electrons. The van der Waals surface area contributed by atoms with Crippen LogP contribution >= 0.6 is 0 Å². The Hall–Kier alpha value is -0.910. The van der Waals surface area contributed by atoms with Gasteiger partial charge < -0.3 is 5.73 Å². The third kappa shape index (κ3) is 3.15. The van der Waals surface area contributed by atoms with Gasteiger partial charge in [0.15, 0.2) is 0 Å². The molecule has 0 radical (unpaired) electrons. The Morgan fingerprint density at radius 2 is 2.00 bits per heavy atom. The Morgan fingerprint density at radius 1 is 1.33 bits per heavy atom. The second kappa shape index (κ2) is 6.07. The van der Waals surface area contributed by atoms with Crippen molar-refractivity contribution in [1.82, 2.24) is 4.31 Å². The molecule has 0 spiro atoms. The van der Waals surface area contributed by atoms with E-state index < -0.39 is 10.0 Å². The normalized spacial score (nSPS) is 20.4. The smallest absolute Gasteiger partial charge is 0.243 e. The van der Waals surface area contributed by atoms with Crippen LogP contribution in [-0.2, 0) is 16.6 Å². The van der Waals surface area contributed by atoms with Crippen LogP contribution in [-0.4, -0.2) is 25.8 Å². The first-order chi connectivity index (χ1) is 9.77. The molecular weight excluding hydrogens is 284 g/mol. The van der Waals surface area contributed by atoms with Gasteiger partial charge in [0, 0.05) is 19.6 Å². The fraction of sp³-hybridized carbons (Fsp3) is 0.625. The van der Waals surface area contributed by atoms with Gasteiger partial charge in [0.05, 0.1) is 4.90 Å². The number of sulfonamides is 1. The summed E-state index contributed by atoms with van der Waals surface area (Å²) < 4.78 is 27.5. The molecule has 0 bridgehead atoms. The summed E-state index contributed by atoms with van der Waals surface area (Å²) in [7, 11) is -3.41. The topological polar surface area (TPSA) is 63.4 Å². The molecular formula is C16H26N2O2S. The zero-order valence-corrected chi connectivity index (χ0v) is 14.2. The SMILES string of the molecule is Cc1cc(CN)cc(S(=O)(=O)N2CCC(C(C)C)C2)c1C. The molecule has 1 saturated heterocycles. The van der Waals surface area contributed by atoms with Crippen molar-refractivity contribution in [1.29, 1.82) is 0 Å². The minimum absolute atomic E-state index is 0.359. The van der Waals surface area contributed by atoms with E-state index >= 15 is 0 Å². The first-order valence-corrected chi connectivity index (χ1v) is 9.01. The van der Waals surface area contributed by atoms with Crippen molar-refractivity contribution in [3.05, 3.63) is 28.8 Å². The van der Waals surface area contributed by atoms with Gasteiger partial charge in [-0.3, -0.25) is 0 Å². The van der Waals surface area contributed by atoms with Gasteiger partial charge >= 0.3 is 0 Å². The van der Waals surface area contributed by atoms with E-state index in [1.54, 1.807) is 10.4 Å². The molecule has 1 aromatic carbocycles. The van der Waals surface area contributed by atoms with E-state index in [4.69, 9.17) is 5.73 Å². The van der Waals surface area contributed by atoms with Gasteiger partial charge in [-0.2, -0.15) is 4.31 Å². The molecule has 21 heavy (non-hydrogen) atoms. The van der Waals surface area contributed by atoms with Crippen molar-refractivity contribution in [2.45, 2.75) is 45.6 Å². The van der Waals surface area contributed by atoms with Crippen molar-refractivity contribution >= 4 is 10.0 Å². The molecule has 1 heterocycles. The molecule has 1 aliphatic rings. The molecule has 4 nitrogen and oxygen atoms in total. The molecule has 2 rings (SSSR count). The number of nitrogens with zero attached hydrogens (tertiary/aromatic N) is 1. The number of aryl methyl sites for hydroxylation is 1. The number of rotatable bonds is 4. The minimum Gasteiger partial charge on any atom is -0.326 e. The largest absolute Gasteiger partial charge is 0.326 e. The average molecular weight is 310 g/mol. The zero-order valence-electron chi connectivity index (χ0n) is 13.4. The van der Waals surface area contributed by atoms with E-state index in [0.29, 0.717) is 36.4 Å². The van der Waals surface area contributed by atoms with E-state index in [0.717, 1.165) is 23.1 Å². The summed E-state index contributed by atoms with van der Waals surface area (Å²) in [5.74, 6) is 0.974. The van der Waals surface area contributed by atoms with Crippen LogP contribution in [0.1, 0.15) is 37.0 Å². The van der Waals surface area contributed by atoms with Gasteiger partial charge in [-0.1, -0.05) is 19.9 Å². The van der Waals surface area contributed by atoms with Crippen molar-refractivity contribution < 1.29 is 8.42 Å². The Kier molecular flexibility index (Phi) is 4.76. The van der Waals surface area contributed by atoms with Crippen LogP contribution in [0.25, 0.3) is 0 Å². The van der Waals surface area contributed by atoms with Gasteiger partial charge in [-0.05, 0) is 54.9 Å². The van der Waals surface area contributed by atoms with Gasteiger partial charge in [-0.25, -0.2) is 8.42 Å². The molecule has 0 saturated carbocycles. The van der Waals surface area contributed by atoms with Crippen LogP contribution in [0.3, 0.4) is 0 Å². The summed E-state index contributed by atoms with van der Waals surface area (Å²) in [6.07, 6.45) is 0.950. The third-order valence-electron chi connectivity index (χ3n) is 4.66. The second-order valence-corrected chi connectivity index (χ2v) is 8.30. The Balaban J connectivity index is 2.39. The van der Waals surface area contributed by atoms with Crippen LogP contribution in [0.2, 0.25) is 0 Å². The van der Waals surface area contributed by atoms with Crippen molar-refractivity contribution in [2.75, 3.05) is 13.1 Å². The summed E-state index contributed by atoms with van der Waals surface area (Å²) in [5, 5.41) is 0. The van der Waals surface area contributed by atoms with E-state index in [2.05, 4.69) is 13.8 Å². The van der Waals surface area contributed by atoms with Gasteiger partial charge in [0.1, 0.15) is 0 Å². The standard InChI is InChI=1S/C16H26N2O2S/c1-11(2)15-5-6-18(10-15)21(19,20)16-8-14(9-17)7-12(3)13(16)4/h7-8,11,15H,5-6,9-10,17H2,1-4H3. The van der Waals surface area contributed by atoms with Gasteiger partial charge in [0.25, 0.3) is 0 Å². The van der Waals surface area contributed by atoms with Crippen LogP contribution < -0.4 is 5.73 Å². The highest BCUT2D eigenvalue weighted by atomic mass is 32.2. The molecule has 0 aromatic heterocycles. The summed E-state index contributed by atoms with van der Waals surface area (Å²) >= 11 is 0. The summed E-state index contributed by atoms with van der Waals surface area (Å²) in [4.78, 5) is 0.423. The zero-order chi connectivity index (χ0) is 15.8. The van der Waals surface area contributed by atoms with Crippen molar-refractivity contribution in [3.63, 3.8) is 0 Å². The molecule has 0 aliphatic carbocycles. The summed E-state index contributed by atoms with van der Waals surface area (Å²) in [6, 6.07) is 3.70. The number of hydrogen-bond acceptors (Lipinski definition) is 3. The third-order valence-corrected chi connectivity index (χ3v) is 6.65. The second-order valence-electron chi connectivity index (χ2n) is 6.40. The maximum Gasteiger partial charge on any atom is 0.243 e. The van der Waals surface area contributed by atoms with Crippen LogP contribution in [0.4, 0.5) is 0 Å². The highest BCUT2D eigenvalue weighted by Crippen LogP contribution is 2.31. The van der Waals surface area contributed by atoms with E-state index in [1.807, 2.05) is 19.9 Å². The average Bonchev–Trinajstić information content (AvgIpc) is 2.92. The Bertz CT molecular complexity index is 623. The first kappa shape index (κ1) is 16.5. The van der Waals surface area contributed by atoms with E-state index in [1.165, 1.54) is 0 Å². The van der Waals surface area contributed by atoms with Crippen molar-refractivity contribution in [2.24, 2.45) is 17.6 Å². The first-order valence-electron chi connectivity index (χ1n) is 7.57. The molecule has 1 atom stereocenters. The fourth-order valence-electron chi connectivity index (χ4n) is 2.94. The lowest BCUT2D eigenvalue weighted by Gasteiger charge is -2.20.